The second-order valence-electron chi connectivity index (χ2n) is 5.38. The van der Waals surface area contributed by atoms with Gasteiger partial charge in [-0.15, -0.1) is 0 Å². The molecule has 1 rings (SSSR count). The normalized spacial score (nSPS) is 13.4. The monoisotopic (exact) mass is 453 g/mol. The molecule has 1 aromatic rings. The number of benzene rings is 1. The van der Waals surface area contributed by atoms with Crippen molar-refractivity contribution in [1.29, 1.82) is 0 Å². The van der Waals surface area contributed by atoms with E-state index in [0.29, 0.717) is 6.92 Å². The topological polar surface area (TPSA) is 100 Å². The summed E-state index contributed by atoms with van der Waals surface area (Å²) in [7, 11) is 2.37. The van der Waals surface area contributed by atoms with Gasteiger partial charge < -0.3 is 14.8 Å². The summed E-state index contributed by atoms with van der Waals surface area (Å²) in [6, 6.07) is 1.62. The van der Waals surface area contributed by atoms with Crippen molar-refractivity contribution in [2.75, 3.05) is 18.6 Å². The summed E-state index contributed by atoms with van der Waals surface area (Å²) < 4.78 is 110. The Hall–Kier alpha value is -2.42. The predicted octanol–water partition coefficient (Wildman–Crippen LogP) is 3.13. The van der Waals surface area contributed by atoms with E-state index in [4.69, 9.17) is 9.47 Å². The third-order valence-corrected chi connectivity index (χ3v) is 4.39. The number of methoxy groups -OCH3 is 2. The lowest BCUT2D eigenvalue weighted by Gasteiger charge is -2.37. The zero-order valence-corrected chi connectivity index (χ0v) is 16.0. The van der Waals surface area contributed by atoms with E-state index in [2.05, 4.69) is 0 Å². The van der Waals surface area contributed by atoms with Crippen LogP contribution in [0.1, 0.15) is 13.3 Å². The van der Waals surface area contributed by atoms with Gasteiger partial charge in [-0.25, -0.2) is 14.4 Å². The molecular weight excluding hydrogens is 436 g/mol. The number of hydrazine groups is 1. The minimum Gasteiger partial charge on any atom is -0.497 e. The molecule has 15 heteroatoms. The number of rotatable bonds is 7. The number of ether oxygens (including phenoxy) is 2. The molecule has 0 heterocycles. The minimum absolute atomic E-state index is 0.0898. The highest BCUT2D eigenvalue weighted by molar-refractivity contribution is 7.80. The molecule has 0 saturated heterocycles. The molecule has 0 aliphatic heterocycles. The van der Waals surface area contributed by atoms with Crippen LogP contribution >= 0.6 is 0 Å². The fourth-order valence-electron chi connectivity index (χ4n) is 2.24. The largest absolute Gasteiger partial charge is 0.497 e. The third kappa shape index (κ3) is 5.14. The number of urea groups is 1. The molecule has 166 valence electrons. The van der Waals surface area contributed by atoms with Crippen molar-refractivity contribution < 1.29 is 49.4 Å². The number of hydrogen-bond acceptors (Lipinski definition) is 4. The summed E-state index contributed by atoms with van der Waals surface area (Å²) in [6.45, 7) is 0.578. The number of carbonyl (C=O) groups excluding carboxylic acids is 1. The van der Waals surface area contributed by atoms with Crippen LogP contribution in [-0.4, -0.2) is 46.9 Å². The molecule has 2 amide bonds. The first kappa shape index (κ1) is 24.6. The van der Waals surface area contributed by atoms with Gasteiger partial charge in [-0.1, -0.05) is 6.92 Å². The van der Waals surface area contributed by atoms with E-state index in [9.17, 15) is 39.9 Å². The van der Waals surface area contributed by atoms with Crippen molar-refractivity contribution in [2.24, 2.45) is 0 Å². The van der Waals surface area contributed by atoms with Crippen LogP contribution in [-0.2, 0) is 11.3 Å². The van der Waals surface area contributed by atoms with Gasteiger partial charge in [0.2, 0.25) is 5.54 Å². The Bertz CT molecular complexity index is 744. The summed E-state index contributed by atoms with van der Waals surface area (Å²) in [6.07, 6.45) is -13.4. The molecule has 0 saturated carbocycles. The van der Waals surface area contributed by atoms with Crippen LogP contribution in [0.25, 0.3) is 0 Å². The van der Waals surface area contributed by atoms with Crippen LogP contribution in [0.4, 0.5) is 36.8 Å². The minimum atomic E-state index is -5.89. The number of hydrogen-bond donors (Lipinski definition) is 3. The van der Waals surface area contributed by atoms with E-state index in [-0.39, 0.29) is 21.6 Å². The molecule has 0 fully saturated rings. The van der Waals surface area contributed by atoms with Crippen molar-refractivity contribution in [1.82, 2.24) is 10.7 Å². The molecule has 0 aromatic heterocycles. The zero-order valence-electron chi connectivity index (χ0n) is 15.1. The molecule has 1 aromatic carbocycles. The number of alkyl halides is 6. The van der Waals surface area contributed by atoms with Crippen LogP contribution in [0.5, 0.6) is 11.5 Å². The summed E-state index contributed by atoms with van der Waals surface area (Å²) in [4.78, 5) is 12.0. The summed E-state index contributed by atoms with van der Waals surface area (Å²) in [5, 5.41) is 0.822. The SMILES string of the molecule is CCC(NC(=O)NN(c1cc(OC)ccc1OC)S(=O)O)(C(F)(F)F)C(F)(F)F. The second kappa shape index (κ2) is 8.94. The lowest BCUT2D eigenvalue weighted by atomic mass is 9.94. The molecule has 1 unspecified atom stereocenters. The molecular formula is C14H17F6N3O5S. The van der Waals surface area contributed by atoms with Crippen molar-refractivity contribution in [3.63, 3.8) is 0 Å². The number of halogens is 6. The van der Waals surface area contributed by atoms with Gasteiger partial charge in [0.15, 0.2) is 0 Å². The number of nitrogens with zero attached hydrogens (tertiary/aromatic N) is 1. The highest BCUT2D eigenvalue weighted by Gasteiger charge is 2.70. The van der Waals surface area contributed by atoms with Crippen molar-refractivity contribution >= 4 is 23.0 Å². The van der Waals surface area contributed by atoms with E-state index < -0.39 is 41.6 Å². The lowest BCUT2D eigenvalue weighted by Crippen LogP contribution is -2.69. The second-order valence-corrected chi connectivity index (χ2v) is 6.21. The van der Waals surface area contributed by atoms with Crippen LogP contribution in [0.2, 0.25) is 0 Å². The summed E-state index contributed by atoms with van der Waals surface area (Å²) in [5.74, 6) is -0.0474. The number of nitrogens with one attached hydrogen (secondary N) is 2. The first-order valence-electron chi connectivity index (χ1n) is 7.59. The van der Waals surface area contributed by atoms with Crippen molar-refractivity contribution in [3.8, 4) is 11.5 Å². The average Bonchev–Trinajstić information content (AvgIpc) is 2.61. The van der Waals surface area contributed by atoms with Crippen LogP contribution < -0.4 is 24.6 Å². The number of amides is 2. The van der Waals surface area contributed by atoms with Gasteiger partial charge >= 0.3 is 18.4 Å². The molecule has 1 atom stereocenters. The Balaban J connectivity index is 3.31. The number of anilines is 1. The van der Waals surface area contributed by atoms with Gasteiger partial charge in [0.25, 0.3) is 11.3 Å². The van der Waals surface area contributed by atoms with Gasteiger partial charge in [-0.3, -0.25) is 4.55 Å². The molecule has 0 aliphatic rings. The average molecular weight is 453 g/mol. The van der Waals surface area contributed by atoms with E-state index >= 15 is 0 Å². The third-order valence-electron chi connectivity index (χ3n) is 3.79. The Morgan fingerprint density at radius 1 is 1.14 bits per heavy atom. The first-order chi connectivity index (χ1) is 13.2. The maximum Gasteiger partial charge on any atom is 0.420 e. The van der Waals surface area contributed by atoms with Gasteiger partial charge in [0.05, 0.1) is 14.2 Å². The Labute approximate surface area is 163 Å². The van der Waals surface area contributed by atoms with Crippen LogP contribution in [0.15, 0.2) is 18.2 Å². The molecule has 8 nitrogen and oxygen atoms in total. The van der Waals surface area contributed by atoms with E-state index in [1.807, 2.05) is 0 Å². The van der Waals surface area contributed by atoms with E-state index in [0.717, 1.165) is 18.5 Å². The highest BCUT2D eigenvalue weighted by atomic mass is 32.2. The quantitative estimate of drug-likeness (QED) is 0.335. The van der Waals surface area contributed by atoms with Crippen molar-refractivity contribution in [2.45, 2.75) is 31.2 Å². The van der Waals surface area contributed by atoms with Gasteiger partial charge in [0, 0.05) is 6.07 Å². The maximum absolute atomic E-state index is 13.1. The standard InChI is InChI=1S/C14H17F6N3O5S/c1-4-12(13(15,16)17,14(18,19)20)21-11(24)22-23(29(25)26)9-7-8(27-2)5-6-10(9)28-3/h5-7H,4H2,1-3H3,(H,25,26)(H2,21,22,24). The summed E-state index contributed by atoms with van der Waals surface area (Å²) in [5.41, 5.74) is -3.46. The van der Waals surface area contributed by atoms with E-state index in [1.54, 1.807) is 0 Å². The fourth-order valence-corrected chi connectivity index (χ4v) is 2.72. The highest BCUT2D eigenvalue weighted by Crippen LogP contribution is 2.45. The molecule has 0 aliphatic carbocycles. The number of carbonyl (C=O) groups is 1. The van der Waals surface area contributed by atoms with Crippen LogP contribution in [0, 0.1) is 0 Å². The Kier molecular flexibility index (Phi) is 7.59. The Morgan fingerprint density at radius 2 is 1.69 bits per heavy atom. The summed E-state index contributed by atoms with van der Waals surface area (Å²) >= 11 is -3.11. The smallest absolute Gasteiger partial charge is 0.420 e. The van der Waals surface area contributed by atoms with Crippen molar-refractivity contribution in [3.05, 3.63) is 18.2 Å². The first-order valence-corrected chi connectivity index (χ1v) is 8.65. The molecule has 29 heavy (non-hydrogen) atoms. The molecule has 0 radical (unpaired) electrons. The predicted molar refractivity (Wildman–Crippen MR) is 89.6 cm³/mol. The van der Waals surface area contributed by atoms with Gasteiger partial charge in [-0.2, -0.15) is 30.8 Å². The lowest BCUT2D eigenvalue weighted by molar-refractivity contribution is -0.304. The molecule has 0 bridgehead atoms. The molecule has 3 N–H and O–H groups in total. The van der Waals surface area contributed by atoms with Gasteiger partial charge in [0.1, 0.15) is 17.2 Å². The van der Waals surface area contributed by atoms with E-state index in [1.165, 1.54) is 24.7 Å². The van der Waals surface area contributed by atoms with Gasteiger partial charge in [-0.05, 0) is 18.6 Å². The Morgan fingerprint density at radius 3 is 2.07 bits per heavy atom. The fraction of sp³-hybridized carbons (Fsp3) is 0.500. The van der Waals surface area contributed by atoms with Crippen LogP contribution in [0.3, 0.4) is 0 Å². The molecule has 0 spiro atoms. The zero-order chi connectivity index (χ0) is 22.6. The maximum atomic E-state index is 13.1.